The van der Waals surface area contributed by atoms with Crippen LogP contribution in [0.4, 0.5) is 0 Å². The van der Waals surface area contributed by atoms with E-state index in [1.54, 1.807) is 0 Å². The molecule has 0 aliphatic rings. The molecule has 0 radical (unpaired) electrons. The van der Waals surface area contributed by atoms with Crippen LogP contribution in [0.2, 0.25) is 0 Å². The van der Waals surface area contributed by atoms with Crippen LogP contribution >= 0.6 is 0 Å². The Hall–Kier alpha value is -0.870. The highest BCUT2D eigenvalue weighted by Gasteiger charge is 2.10. The molecule has 4 heteroatoms. The van der Waals surface area contributed by atoms with Crippen molar-refractivity contribution in [3.8, 4) is 0 Å². The summed E-state index contributed by atoms with van der Waals surface area (Å²) in [6.07, 6.45) is 0. The molecule has 17 heavy (non-hydrogen) atoms. The maximum Gasteiger partial charge on any atom is 0.0641 e. The molecule has 1 N–H and O–H groups in total. The summed E-state index contributed by atoms with van der Waals surface area (Å²) in [6.45, 7) is 13.9. The number of aryl methyl sites for hydroxylation is 1. The Morgan fingerprint density at radius 1 is 1.24 bits per heavy atom. The van der Waals surface area contributed by atoms with E-state index in [1.807, 2.05) is 7.05 Å². The topological polar surface area (TPSA) is 33.1 Å². The van der Waals surface area contributed by atoms with E-state index < -0.39 is 0 Å². The Balaban J connectivity index is 2.68. The number of hydrogen-bond acceptors (Lipinski definition) is 3. The van der Waals surface area contributed by atoms with Crippen molar-refractivity contribution >= 4 is 0 Å². The van der Waals surface area contributed by atoms with Crippen molar-refractivity contribution in [2.45, 2.75) is 40.8 Å². The normalized spacial score (nSPS) is 11.4. The van der Waals surface area contributed by atoms with E-state index in [1.165, 1.54) is 11.3 Å². The second-order valence-corrected chi connectivity index (χ2v) is 4.43. The lowest BCUT2D eigenvalue weighted by atomic mass is 10.2. The lowest BCUT2D eigenvalue weighted by Crippen LogP contribution is -2.27. The molecule has 1 rings (SSSR count). The molecule has 1 aromatic heterocycles. The summed E-state index contributed by atoms with van der Waals surface area (Å²) in [5.41, 5.74) is 3.78. The summed E-state index contributed by atoms with van der Waals surface area (Å²) < 4.78 is 2.14. The van der Waals surface area contributed by atoms with Crippen LogP contribution in [0.5, 0.6) is 0 Å². The Bertz CT molecular complexity index is 339. The van der Waals surface area contributed by atoms with Gasteiger partial charge in [0.25, 0.3) is 0 Å². The van der Waals surface area contributed by atoms with Gasteiger partial charge in [0, 0.05) is 24.3 Å². The minimum absolute atomic E-state index is 0.906. The minimum Gasteiger partial charge on any atom is -0.316 e. The molecule has 0 unspecified atom stereocenters. The molecule has 1 heterocycles. The van der Waals surface area contributed by atoms with Crippen LogP contribution in [0.25, 0.3) is 0 Å². The van der Waals surface area contributed by atoms with Crippen LogP contribution < -0.4 is 5.32 Å². The van der Waals surface area contributed by atoms with Gasteiger partial charge in [-0.05, 0) is 34.0 Å². The van der Waals surface area contributed by atoms with E-state index in [0.717, 1.165) is 38.4 Å². The first-order chi connectivity index (χ1) is 8.13. The molecule has 0 atom stereocenters. The van der Waals surface area contributed by atoms with Crippen molar-refractivity contribution in [3.05, 3.63) is 17.0 Å². The van der Waals surface area contributed by atoms with Crippen LogP contribution in [-0.2, 0) is 13.1 Å². The van der Waals surface area contributed by atoms with Gasteiger partial charge in [0.1, 0.15) is 0 Å². The highest BCUT2D eigenvalue weighted by Crippen LogP contribution is 2.12. The van der Waals surface area contributed by atoms with Crippen LogP contribution in [0.15, 0.2) is 0 Å². The summed E-state index contributed by atoms with van der Waals surface area (Å²) in [5.74, 6) is 0. The van der Waals surface area contributed by atoms with E-state index in [2.05, 4.69) is 47.7 Å². The number of nitrogens with one attached hydrogen (secondary N) is 1. The summed E-state index contributed by atoms with van der Waals surface area (Å²) >= 11 is 0. The highest BCUT2D eigenvalue weighted by atomic mass is 15.3. The minimum atomic E-state index is 0.906. The molecule has 0 aliphatic carbocycles. The predicted octanol–water partition coefficient (Wildman–Crippen LogP) is 1.56. The summed E-state index contributed by atoms with van der Waals surface area (Å²) in [6, 6.07) is 0. The third-order valence-corrected chi connectivity index (χ3v) is 3.41. The van der Waals surface area contributed by atoms with Crippen LogP contribution in [0, 0.1) is 13.8 Å². The van der Waals surface area contributed by atoms with Crippen molar-refractivity contribution in [2.75, 3.05) is 26.7 Å². The summed E-state index contributed by atoms with van der Waals surface area (Å²) in [5, 5.41) is 7.82. The van der Waals surface area contributed by atoms with Gasteiger partial charge in [-0.2, -0.15) is 5.10 Å². The van der Waals surface area contributed by atoms with E-state index in [4.69, 9.17) is 0 Å². The maximum absolute atomic E-state index is 4.62. The van der Waals surface area contributed by atoms with Gasteiger partial charge in [0.05, 0.1) is 12.2 Å². The average molecular weight is 238 g/mol. The molecule has 0 amide bonds. The van der Waals surface area contributed by atoms with Crippen LogP contribution in [-0.4, -0.2) is 41.4 Å². The van der Waals surface area contributed by atoms with Crippen molar-refractivity contribution < 1.29 is 0 Å². The number of likely N-dealkylation sites (N-methyl/N-ethyl adjacent to an activating group) is 1. The van der Waals surface area contributed by atoms with Gasteiger partial charge in [-0.3, -0.25) is 4.68 Å². The number of rotatable bonds is 7. The fourth-order valence-electron chi connectivity index (χ4n) is 2.16. The molecule has 4 nitrogen and oxygen atoms in total. The lowest BCUT2D eigenvalue weighted by Gasteiger charge is -2.18. The Kier molecular flexibility index (Phi) is 5.65. The molecule has 0 saturated heterocycles. The third-order valence-electron chi connectivity index (χ3n) is 3.41. The van der Waals surface area contributed by atoms with Gasteiger partial charge in [0.15, 0.2) is 0 Å². The number of aromatic nitrogens is 2. The molecule has 0 bridgehead atoms. The molecule has 98 valence electrons. The second-order valence-electron chi connectivity index (χ2n) is 4.43. The Labute approximate surface area is 105 Å². The van der Waals surface area contributed by atoms with Gasteiger partial charge in [0.2, 0.25) is 0 Å². The van der Waals surface area contributed by atoms with Crippen molar-refractivity contribution in [2.24, 2.45) is 0 Å². The molecule has 0 aliphatic heterocycles. The zero-order valence-electron chi connectivity index (χ0n) is 11.9. The molecular weight excluding hydrogens is 212 g/mol. The molecule has 0 spiro atoms. The largest absolute Gasteiger partial charge is 0.316 e. The van der Waals surface area contributed by atoms with E-state index >= 15 is 0 Å². The zero-order valence-corrected chi connectivity index (χ0v) is 11.9. The van der Waals surface area contributed by atoms with E-state index in [0.29, 0.717) is 0 Å². The van der Waals surface area contributed by atoms with Gasteiger partial charge in [-0.15, -0.1) is 0 Å². The Morgan fingerprint density at radius 2 is 1.88 bits per heavy atom. The van der Waals surface area contributed by atoms with Gasteiger partial charge in [-0.1, -0.05) is 13.8 Å². The standard InChI is InChI=1S/C13H26N4/c1-6-16(7-2)8-9-17-12(4)13(10-14-5)11(3)15-17/h14H,6-10H2,1-5H3. The SMILES string of the molecule is CCN(CC)CCn1nc(C)c(CNC)c1C. The van der Waals surface area contributed by atoms with Crippen molar-refractivity contribution in [3.63, 3.8) is 0 Å². The second kappa shape index (κ2) is 6.77. The van der Waals surface area contributed by atoms with Crippen molar-refractivity contribution in [1.82, 2.24) is 20.0 Å². The first-order valence-electron chi connectivity index (χ1n) is 6.53. The molecular formula is C13H26N4. The summed E-state index contributed by atoms with van der Waals surface area (Å²) in [7, 11) is 1.98. The lowest BCUT2D eigenvalue weighted by molar-refractivity contribution is 0.284. The predicted molar refractivity (Wildman–Crippen MR) is 72.3 cm³/mol. The monoisotopic (exact) mass is 238 g/mol. The van der Waals surface area contributed by atoms with Gasteiger partial charge < -0.3 is 10.2 Å². The van der Waals surface area contributed by atoms with Gasteiger partial charge in [-0.25, -0.2) is 0 Å². The van der Waals surface area contributed by atoms with E-state index in [-0.39, 0.29) is 0 Å². The van der Waals surface area contributed by atoms with Crippen LogP contribution in [0.1, 0.15) is 30.8 Å². The first kappa shape index (κ1) is 14.2. The van der Waals surface area contributed by atoms with Crippen molar-refractivity contribution in [1.29, 1.82) is 0 Å². The quantitative estimate of drug-likeness (QED) is 0.782. The molecule has 0 fully saturated rings. The van der Waals surface area contributed by atoms with Gasteiger partial charge >= 0.3 is 0 Å². The average Bonchev–Trinajstić information content (AvgIpc) is 2.59. The number of hydrogen-bond donors (Lipinski definition) is 1. The van der Waals surface area contributed by atoms with Crippen LogP contribution in [0.3, 0.4) is 0 Å². The molecule has 1 aromatic rings. The summed E-state index contributed by atoms with van der Waals surface area (Å²) in [4.78, 5) is 2.42. The van der Waals surface area contributed by atoms with E-state index in [9.17, 15) is 0 Å². The Morgan fingerprint density at radius 3 is 2.41 bits per heavy atom. The zero-order chi connectivity index (χ0) is 12.8. The number of nitrogens with zero attached hydrogens (tertiary/aromatic N) is 3. The smallest absolute Gasteiger partial charge is 0.0641 e. The maximum atomic E-state index is 4.62. The molecule has 0 aromatic carbocycles. The first-order valence-corrected chi connectivity index (χ1v) is 6.53. The molecule has 0 saturated carbocycles. The highest BCUT2D eigenvalue weighted by molar-refractivity contribution is 5.24. The fraction of sp³-hybridized carbons (Fsp3) is 0.769. The third kappa shape index (κ3) is 3.54. The fourth-order valence-corrected chi connectivity index (χ4v) is 2.16.